The van der Waals surface area contributed by atoms with E-state index < -0.39 is 0 Å². The van der Waals surface area contributed by atoms with E-state index in [4.69, 9.17) is 21.7 Å². The molecule has 1 saturated heterocycles. The van der Waals surface area contributed by atoms with E-state index in [-0.39, 0.29) is 10.8 Å². The van der Waals surface area contributed by atoms with E-state index >= 15 is 0 Å². The molecule has 2 aliphatic rings. The molecule has 1 heterocycles. The highest BCUT2D eigenvalue weighted by Crippen LogP contribution is 2.40. The molecule has 1 saturated carbocycles. The molecule has 1 aliphatic carbocycles. The summed E-state index contributed by atoms with van der Waals surface area (Å²) in [7, 11) is 0. The fraction of sp³-hybridized carbons (Fsp3) is 0.750. The number of nitrogens with zero attached hydrogens (tertiary/aromatic N) is 2. The van der Waals surface area contributed by atoms with Crippen LogP contribution in [0.3, 0.4) is 0 Å². The third kappa shape index (κ3) is 4.80. The highest BCUT2D eigenvalue weighted by atomic mass is 35.5. The van der Waals surface area contributed by atoms with Gasteiger partial charge in [-0.2, -0.15) is 0 Å². The summed E-state index contributed by atoms with van der Waals surface area (Å²) in [5, 5.41) is 9.34. The van der Waals surface area contributed by atoms with Gasteiger partial charge < -0.3 is 10.2 Å². The summed E-state index contributed by atoms with van der Waals surface area (Å²) < 4.78 is 5.99. The quantitative estimate of drug-likeness (QED) is 0.580. The molecule has 0 amide bonds. The summed E-state index contributed by atoms with van der Waals surface area (Å²) in [6, 6.07) is 0.541. The highest BCUT2D eigenvalue weighted by molar-refractivity contribution is 6.79. The van der Waals surface area contributed by atoms with Crippen LogP contribution in [-0.2, 0) is 4.74 Å². The van der Waals surface area contributed by atoms with Crippen LogP contribution in [0.1, 0.15) is 52.4 Å². The molecular weight excluding hydrogens is 300 g/mol. The first-order chi connectivity index (χ1) is 10.5. The number of aliphatic imine (C=N–C) groups is 1. The van der Waals surface area contributed by atoms with Gasteiger partial charge >= 0.3 is 0 Å². The third-order valence-electron chi connectivity index (χ3n) is 4.65. The standard InChI is InChI=1S/C16H27ClN4O/c1-3-21(20-11-13(2)19-12-15(17)18)14-5-8-16(9-6-14)7-4-10-22-16/h11-12,14,18,20H,3-10H2,1-2H3. The second kappa shape index (κ2) is 8.09. The molecule has 0 aromatic rings. The fourth-order valence-corrected chi connectivity index (χ4v) is 3.47. The predicted molar refractivity (Wildman–Crippen MR) is 91.5 cm³/mol. The van der Waals surface area contributed by atoms with Gasteiger partial charge in [0, 0.05) is 25.4 Å². The summed E-state index contributed by atoms with van der Waals surface area (Å²) in [6.07, 6.45) is 10.3. The van der Waals surface area contributed by atoms with E-state index in [9.17, 15) is 0 Å². The summed E-state index contributed by atoms with van der Waals surface area (Å²) in [5.74, 6) is 0. The molecule has 1 aliphatic heterocycles. The molecule has 0 atom stereocenters. The van der Waals surface area contributed by atoms with Crippen molar-refractivity contribution in [3.63, 3.8) is 0 Å². The van der Waals surface area contributed by atoms with Gasteiger partial charge in [0.05, 0.1) is 17.5 Å². The van der Waals surface area contributed by atoms with Crippen molar-refractivity contribution in [1.29, 1.82) is 5.41 Å². The minimum absolute atomic E-state index is 0.0609. The lowest BCUT2D eigenvalue weighted by atomic mass is 9.80. The first kappa shape index (κ1) is 17.4. The van der Waals surface area contributed by atoms with Crippen LogP contribution in [0.5, 0.6) is 0 Å². The van der Waals surface area contributed by atoms with Crippen LogP contribution in [0.2, 0.25) is 0 Å². The number of rotatable bonds is 6. The van der Waals surface area contributed by atoms with E-state index in [2.05, 4.69) is 22.4 Å². The first-order valence-electron chi connectivity index (χ1n) is 8.16. The van der Waals surface area contributed by atoms with Crippen LogP contribution in [0, 0.1) is 5.41 Å². The lowest BCUT2D eigenvalue weighted by Gasteiger charge is -2.40. The number of allylic oxidation sites excluding steroid dienone is 1. The number of ether oxygens (including phenoxy) is 1. The van der Waals surface area contributed by atoms with Crippen molar-refractivity contribution >= 4 is 23.0 Å². The molecule has 2 rings (SSSR count). The Morgan fingerprint density at radius 3 is 2.73 bits per heavy atom. The van der Waals surface area contributed by atoms with E-state index in [0.29, 0.717) is 6.04 Å². The number of hydrazine groups is 1. The Morgan fingerprint density at radius 1 is 1.45 bits per heavy atom. The van der Waals surface area contributed by atoms with Crippen molar-refractivity contribution in [2.75, 3.05) is 13.2 Å². The maximum absolute atomic E-state index is 7.13. The van der Waals surface area contributed by atoms with Gasteiger partial charge in [-0.1, -0.05) is 18.5 Å². The summed E-state index contributed by atoms with van der Waals surface area (Å²) in [6.45, 7) is 5.93. The Balaban J connectivity index is 1.84. The lowest BCUT2D eigenvalue weighted by molar-refractivity contribution is -0.0457. The fourth-order valence-electron chi connectivity index (χ4n) is 3.42. The number of nitrogens with one attached hydrogen (secondary N) is 2. The second-order valence-corrected chi connectivity index (χ2v) is 6.58. The molecule has 2 fully saturated rings. The van der Waals surface area contributed by atoms with Crippen molar-refractivity contribution in [1.82, 2.24) is 10.4 Å². The van der Waals surface area contributed by atoms with E-state index in [1.807, 2.05) is 13.1 Å². The molecule has 1 spiro atoms. The summed E-state index contributed by atoms with van der Waals surface area (Å²) in [5.41, 5.74) is 4.33. The molecule has 0 aromatic heterocycles. The Bertz CT molecular complexity index is 433. The third-order valence-corrected chi connectivity index (χ3v) is 4.75. The normalized spacial score (nSPS) is 29.6. The monoisotopic (exact) mass is 326 g/mol. The molecule has 0 aromatic carbocycles. The van der Waals surface area contributed by atoms with Crippen LogP contribution < -0.4 is 5.43 Å². The molecule has 6 heteroatoms. The molecule has 124 valence electrons. The molecule has 5 nitrogen and oxygen atoms in total. The number of hydrogen-bond donors (Lipinski definition) is 2. The second-order valence-electron chi connectivity index (χ2n) is 6.17. The SMILES string of the molecule is CCN(NC=C(C)N=CC(=N)Cl)C1CCC2(CCCO2)CC1. The van der Waals surface area contributed by atoms with Crippen LogP contribution in [0.25, 0.3) is 0 Å². The minimum Gasteiger partial charge on any atom is -0.375 e. The average molecular weight is 327 g/mol. The Hall–Kier alpha value is -0.910. The highest BCUT2D eigenvalue weighted by Gasteiger charge is 2.39. The van der Waals surface area contributed by atoms with Gasteiger partial charge in [-0.25, -0.2) is 5.01 Å². The van der Waals surface area contributed by atoms with Crippen molar-refractivity contribution in [3.05, 3.63) is 11.9 Å². The maximum Gasteiger partial charge on any atom is 0.139 e. The first-order valence-corrected chi connectivity index (χ1v) is 8.54. The van der Waals surface area contributed by atoms with Gasteiger partial charge in [0.1, 0.15) is 5.17 Å². The molecule has 22 heavy (non-hydrogen) atoms. The Kier molecular flexibility index (Phi) is 6.41. The van der Waals surface area contributed by atoms with Crippen molar-refractivity contribution in [2.45, 2.75) is 64.0 Å². The largest absolute Gasteiger partial charge is 0.375 e. The molecule has 2 N–H and O–H groups in total. The number of halogens is 1. The van der Waals surface area contributed by atoms with Gasteiger partial charge in [-0.3, -0.25) is 10.4 Å². The Labute approximate surface area is 138 Å². The lowest BCUT2D eigenvalue weighted by Crippen LogP contribution is -2.47. The van der Waals surface area contributed by atoms with Crippen molar-refractivity contribution in [3.8, 4) is 0 Å². The minimum atomic E-state index is -0.0609. The van der Waals surface area contributed by atoms with Gasteiger partial charge in [-0.05, 0) is 45.4 Å². The number of hydrogen-bond acceptors (Lipinski definition) is 5. The van der Waals surface area contributed by atoms with Crippen molar-refractivity contribution in [2.24, 2.45) is 4.99 Å². The summed E-state index contributed by atoms with van der Waals surface area (Å²) in [4.78, 5) is 4.10. The zero-order valence-electron chi connectivity index (χ0n) is 13.6. The van der Waals surface area contributed by atoms with Crippen LogP contribution in [0.4, 0.5) is 0 Å². The van der Waals surface area contributed by atoms with Gasteiger partial charge in [-0.15, -0.1) is 0 Å². The van der Waals surface area contributed by atoms with E-state index in [0.717, 1.165) is 18.8 Å². The predicted octanol–water partition coefficient (Wildman–Crippen LogP) is 3.45. The van der Waals surface area contributed by atoms with Crippen LogP contribution in [0.15, 0.2) is 16.9 Å². The zero-order valence-corrected chi connectivity index (χ0v) is 14.3. The molecular formula is C16H27ClN4O. The molecule has 0 radical (unpaired) electrons. The van der Waals surface area contributed by atoms with Crippen LogP contribution >= 0.6 is 11.6 Å². The van der Waals surface area contributed by atoms with Crippen LogP contribution in [-0.4, -0.2) is 41.2 Å². The topological polar surface area (TPSA) is 60.7 Å². The maximum atomic E-state index is 7.13. The van der Waals surface area contributed by atoms with E-state index in [1.54, 1.807) is 0 Å². The smallest absolute Gasteiger partial charge is 0.139 e. The Morgan fingerprint density at radius 2 is 2.18 bits per heavy atom. The van der Waals surface area contributed by atoms with Crippen molar-refractivity contribution < 1.29 is 4.74 Å². The molecule has 0 unspecified atom stereocenters. The zero-order chi connectivity index (χ0) is 16.0. The van der Waals surface area contributed by atoms with Gasteiger partial charge in [0.2, 0.25) is 0 Å². The average Bonchev–Trinajstić information content (AvgIpc) is 2.96. The molecule has 0 bridgehead atoms. The van der Waals surface area contributed by atoms with Gasteiger partial charge in [0.15, 0.2) is 0 Å². The van der Waals surface area contributed by atoms with Gasteiger partial charge in [0.25, 0.3) is 0 Å². The van der Waals surface area contributed by atoms with E-state index in [1.165, 1.54) is 44.7 Å². The summed E-state index contributed by atoms with van der Waals surface area (Å²) >= 11 is 5.46.